The monoisotopic (exact) mass is 163 g/mol. The van der Waals surface area contributed by atoms with E-state index in [0.717, 1.165) is 19.3 Å². The molecule has 0 aliphatic heterocycles. The fraction of sp³-hybridized carbons (Fsp3) is 0.857. The molecule has 2 atom stereocenters. The second-order valence-corrected chi connectivity index (χ2v) is 3.98. The molecule has 0 nitrogen and oxygen atoms in total. The molecule has 0 N–H and O–H groups in total. The molecule has 0 bridgehead atoms. The zero-order chi connectivity index (χ0) is 7.28. The van der Waals surface area contributed by atoms with E-state index in [1.807, 2.05) is 0 Å². The minimum absolute atomic E-state index is 0.472. The molecule has 0 saturated carbocycles. The van der Waals surface area contributed by atoms with Crippen LogP contribution in [0.1, 0.15) is 26.2 Å². The van der Waals surface area contributed by atoms with E-state index >= 15 is 0 Å². The highest BCUT2D eigenvalue weighted by Crippen LogP contribution is 2.12. The Labute approximate surface area is 69.2 Å². The molecule has 0 fully saturated rings. The van der Waals surface area contributed by atoms with E-state index in [2.05, 4.69) is 39.1 Å². The summed E-state index contributed by atoms with van der Waals surface area (Å²) in [6.45, 7) is 5.87. The van der Waals surface area contributed by atoms with E-state index in [-0.39, 0.29) is 0 Å². The number of rotatable bonds is 4. The summed E-state index contributed by atoms with van der Waals surface area (Å²) in [6.07, 6.45) is 3.20. The molecule has 0 aromatic heterocycles. The van der Waals surface area contributed by atoms with Crippen LogP contribution in [0.3, 0.4) is 0 Å². The predicted molar refractivity (Wildman–Crippen MR) is 50.4 cm³/mol. The normalized spacial score (nSPS) is 17.3. The molecular formula is C7H15S2. The van der Waals surface area contributed by atoms with Gasteiger partial charge < -0.3 is 0 Å². The van der Waals surface area contributed by atoms with Crippen LogP contribution in [-0.4, -0.2) is 10.5 Å². The molecule has 2 heteroatoms. The lowest BCUT2D eigenvalue weighted by Gasteiger charge is -2.07. The van der Waals surface area contributed by atoms with Crippen LogP contribution in [0, 0.1) is 6.92 Å². The van der Waals surface area contributed by atoms with Crippen LogP contribution in [0.4, 0.5) is 0 Å². The van der Waals surface area contributed by atoms with Crippen LogP contribution in [0.2, 0.25) is 0 Å². The molecule has 0 aromatic rings. The smallest absolute Gasteiger partial charge is 0.00172 e. The van der Waals surface area contributed by atoms with Crippen molar-refractivity contribution in [2.75, 3.05) is 0 Å². The van der Waals surface area contributed by atoms with Crippen LogP contribution in [0.25, 0.3) is 0 Å². The first-order chi connectivity index (χ1) is 4.16. The molecule has 0 rings (SSSR count). The first kappa shape index (κ1) is 9.70. The molecular weight excluding hydrogens is 148 g/mol. The van der Waals surface area contributed by atoms with Gasteiger partial charge in [0, 0.05) is 5.25 Å². The average Bonchev–Trinajstić information content (AvgIpc) is 1.83. The van der Waals surface area contributed by atoms with Crippen LogP contribution < -0.4 is 0 Å². The average molecular weight is 163 g/mol. The quantitative estimate of drug-likeness (QED) is 0.585. The number of hydrogen-bond acceptors (Lipinski definition) is 2. The van der Waals surface area contributed by atoms with Crippen molar-refractivity contribution in [1.82, 2.24) is 0 Å². The van der Waals surface area contributed by atoms with Crippen LogP contribution in [0.5, 0.6) is 0 Å². The van der Waals surface area contributed by atoms with Gasteiger partial charge in [0.1, 0.15) is 0 Å². The van der Waals surface area contributed by atoms with Crippen molar-refractivity contribution in [1.29, 1.82) is 0 Å². The molecule has 55 valence electrons. The summed E-state index contributed by atoms with van der Waals surface area (Å²) in [5, 5.41) is 0.978. The Morgan fingerprint density at radius 3 is 2.22 bits per heavy atom. The summed E-state index contributed by atoms with van der Waals surface area (Å²) in [5.41, 5.74) is 0. The first-order valence-corrected chi connectivity index (χ1v) is 4.35. The molecule has 2 unspecified atom stereocenters. The molecule has 0 aromatic carbocycles. The van der Waals surface area contributed by atoms with Crippen LogP contribution in [-0.2, 0) is 0 Å². The molecule has 0 saturated heterocycles. The molecule has 0 aliphatic carbocycles. The van der Waals surface area contributed by atoms with Gasteiger partial charge in [-0.2, -0.15) is 25.3 Å². The van der Waals surface area contributed by atoms with Crippen molar-refractivity contribution in [3.05, 3.63) is 6.92 Å². The van der Waals surface area contributed by atoms with E-state index < -0.39 is 0 Å². The van der Waals surface area contributed by atoms with Gasteiger partial charge in [-0.25, -0.2) is 0 Å². The van der Waals surface area contributed by atoms with Crippen LogP contribution >= 0.6 is 25.3 Å². The predicted octanol–water partition coefficient (Wildman–Crippen LogP) is 2.61. The zero-order valence-corrected chi connectivity index (χ0v) is 7.67. The Morgan fingerprint density at radius 2 is 1.89 bits per heavy atom. The maximum Gasteiger partial charge on any atom is 0.00172 e. The highest BCUT2D eigenvalue weighted by Gasteiger charge is 2.00. The van der Waals surface area contributed by atoms with Gasteiger partial charge in [-0.15, -0.1) is 0 Å². The molecule has 9 heavy (non-hydrogen) atoms. The summed E-state index contributed by atoms with van der Waals surface area (Å²) in [5.74, 6) is 0. The molecule has 0 spiro atoms. The standard InChI is InChI=1S/C7H15S2/c1-3-7(9)5-4-6(2)8/h6-9H,1,3-5H2,2H3. The lowest BCUT2D eigenvalue weighted by molar-refractivity contribution is 0.702. The minimum Gasteiger partial charge on any atom is -0.176 e. The fourth-order valence-corrected chi connectivity index (χ4v) is 0.876. The second-order valence-electron chi connectivity index (χ2n) is 2.37. The summed E-state index contributed by atoms with van der Waals surface area (Å²) in [7, 11) is 0. The van der Waals surface area contributed by atoms with Crippen molar-refractivity contribution in [3.8, 4) is 0 Å². The highest BCUT2D eigenvalue weighted by atomic mass is 32.1. The zero-order valence-electron chi connectivity index (χ0n) is 5.88. The molecule has 0 heterocycles. The van der Waals surface area contributed by atoms with Gasteiger partial charge in [0.25, 0.3) is 0 Å². The van der Waals surface area contributed by atoms with E-state index in [1.54, 1.807) is 0 Å². The van der Waals surface area contributed by atoms with E-state index in [0.29, 0.717) is 10.5 Å². The summed E-state index contributed by atoms with van der Waals surface area (Å²) < 4.78 is 0. The van der Waals surface area contributed by atoms with Gasteiger partial charge >= 0.3 is 0 Å². The maximum absolute atomic E-state index is 4.31. The topological polar surface area (TPSA) is 0 Å². The lowest BCUT2D eigenvalue weighted by atomic mass is 10.1. The van der Waals surface area contributed by atoms with E-state index in [1.165, 1.54) is 0 Å². The van der Waals surface area contributed by atoms with E-state index in [4.69, 9.17) is 0 Å². The number of hydrogen-bond donors (Lipinski definition) is 2. The van der Waals surface area contributed by atoms with Gasteiger partial charge in [0.2, 0.25) is 0 Å². The van der Waals surface area contributed by atoms with Gasteiger partial charge in [-0.3, -0.25) is 0 Å². The van der Waals surface area contributed by atoms with Gasteiger partial charge in [-0.1, -0.05) is 13.8 Å². The van der Waals surface area contributed by atoms with Gasteiger partial charge in [0.15, 0.2) is 0 Å². The molecule has 0 amide bonds. The largest absolute Gasteiger partial charge is 0.176 e. The Kier molecular flexibility index (Phi) is 5.91. The third kappa shape index (κ3) is 6.59. The Morgan fingerprint density at radius 1 is 1.33 bits per heavy atom. The van der Waals surface area contributed by atoms with Crippen molar-refractivity contribution in [2.24, 2.45) is 0 Å². The van der Waals surface area contributed by atoms with Gasteiger partial charge in [-0.05, 0) is 24.5 Å². The fourth-order valence-electron chi connectivity index (χ4n) is 0.578. The maximum atomic E-state index is 4.31. The summed E-state index contributed by atoms with van der Waals surface area (Å²) in [4.78, 5) is 0. The number of thiol groups is 2. The first-order valence-electron chi connectivity index (χ1n) is 3.32. The molecule has 0 aliphatic rings. The van der Waals surface area contributed by atoms with Crippen molar-refractivity contribution in [2.45, 2.75) is 36.7 Å². The van der Waals surface area contributed by atoms with E-state index in [9.17, 15) is 0 Å². The summed E-state index contributed by atoms with van der Waals surface area (Å²) >= 11 is 8.57. The Balaban J connectivity index is 3.06. The second kappa shape index (κ2) is 5.48. The van der Waals surface area contributed by atoms with Crippen molar-refractivity contribution < 1.29 is 0 Å². The molecule has 1 radical (unpaired) electrons. The van der Waals surface area contributed by atoms with Crippen LogP contribution in [0.15, 0.2) is 0 Å². The van der Waals surface area contributed by atoms with Gasteiger partial charge in [0.05, 0.1) is 0 Å². The summed E-state index contributed by atoms with van der Waals surface area (Å²) in [6, 6.07) is 0. The van der Waals surface area contributed by atoms with Crippen molar-refractivity contribution in [3.63, 3.8) is 0 Å². The SMILES string of the molecule is [CH2]CC(S)CCC(C)S. The van der Waals surface area contributed by atoms with Crippen molar-refractivity contribution >= 4 is 25.3 Å². The third-order valence-corrected chi connectivity index (χ3v) is 2.03. The lowest BCUT2D eigenvalue weighted by Crippen LogP contribution is -2.00. The Bertz CT molecular complexity index is 61.9. The minimum atomic E-state index is 0.472. The third-order valence-electron chi connectivity index (χ3n) is 1.25. The Hall–Kier alpha value is 0.700. The highest BCUT2D eigenvalue weighted by molar-refractivity contribution is 7.81.